The minimum atomic E-state index is -0.404. The van der Waals surface area contributed by atoms with E-state index in [2.05, 4.69) is 29.0 Å². The highest BCUT2D eigenvalue weighted by molar-refractivity contribution is 5.79. The summed E-state index contributed by atoms with van der Waals surface area (Å²) in [5.41, 5.74) is 4.75. The molecule has 0 saturated heterocycles. The van der Waals surface area contributed by atoms with Gasteiger partial charge in [-0.3, -0.25) is 4.79 Å². The molecule has 0 saturated carbocycles. The molecule has 0 radical (unpaired) electrons. The van der Waals surface area contributed by atoms with Gasteiger partial charge in [0.25, 0.3) is 0 Å². The molecule has 0 spiro atoms. The maximum Gasteiger partial charge on any atom is 0.409 e. The predicted octanol–water partition coefficient (Wildman–Crippen LogP) is 3.82. The summed E-state index contributed by atoms with van der Waals surface area (Å²) >= 11 is 0. The SMILES string of the molecule is CCN(CCC(=O)OC)C(=O)OCC1c2ccccc2-c2ccccc21. The molecule has 0 aliphatic heterocycles. The maximum atomic E-state index is 12.4. The van der Waals surface area contributed by atoms with Crippen molar-refractivity contribution in [2.24, 2.45) is 0 Å². The molecule has 136 valence electrons. The van der Waals surface area contributed by atoms with Crippen LogP contribution in [0.4, 0.5) is 4.79 Å². The number of carbonyl (C=O) groups excluding carboxylic acids is 2. The van der Waals surface area contributed by atoms with Crippen LogP contribution >= 0.6 is 0 Å². The fourth-order valence-electron chi connectivity index (χ4n) is 3.39. The second-order valence-corrected chi connectivity index (χ2v) is 6.21. The molecular formula is C21H23NO4. The molecule has 3 rings (SSSR count). The van der Waals surface area contributed by atoms with Crippen LogP contribution in [0.15, 0.2) is 48.5 Å². The third-order valence-corrected chi connectivity index (χ3v) is 4.79. The Morgan fingerprint density at radius 2 is 1.58 bits per heavy atom. The van der Waals surface area contributed by atoms with E-state index >= 15 is 0 Å². The van der Waals surface area contributed by atoms with Crippen LogP contribution in [0.3, 0.4) is 0 Å². The van der Waals surface area contributed by atoms with E-state index in [-0.39, 0.29) is 24.9 Å². The second kappa shape index (κ2) is 8.04. The number of methoxy groups -OCH3 is 1. The van der Waals surface area contributed by atoms with Crippen molar-refractivity contribution in [1.29, 1.82) is 0 Å². The third kappa shape index (κ3) is 3.57. The van der Waals surface area contributed by atoms with Gasteiger partial charge < -0.3 is 14.4 Å². The number of benzene rings is 2. The zero-order chi connectivity index (χ0) is 18.5. The largest absolute Gasteiger partial charge is 0.469 e. The van der Waals surface area contributed by atoms with Gasteiger partial charge in [-0.25, -0.2) is 4.79 Å². The van der Waals surface area contributed by atoms with Crippen LogP contribution in [-0.2, 0) is 14.3 Å². The number of ether oxygens (including phenoxy) is 2. The van der Waals surface area contributed by atoms with Crippen molar-refractivity contribution in [3.63, 3.8) is 0 Å². The Balaban J connectivity index is 1.69. The van der Waals surface area contributed by atoms with Gasteiger partial charge in [0.2, 0.25) is 0 Å². The first-order valence-electron chi connectivity index (χ1n) is 8.82. The Kier molecular flexibility index (Phi) is 5.56. The van der Waals surface area contributed by atoms with Crippen molar-refractivity contribution in [3.05, 3.63) is 59.7 Å². The lowest BCUT2D eigenvalue weighted by molar-refractivity contribution is -0.140. The fourth-order valence-corrected chi connectivity index (χ4v) is 3.39. The monoisotopic (exact) mass is 353 g/mol. The van der Waals surface area contributed by atoms with Gasteiger partial charge in [-0.1, -0.05) is 48.5 Å². The Morgan fingerprint density at radius 3 is 2.12 bits per heavy atom. The average Bonchev–Trinajstić information content (AvgIpc) is 3.00. The van der Waals surface area contributed by atoms with Gasteiger partial charge >= 0.3 is 12.1 Å². The van der Waals surface area contributed by atoms with Gasteiger partial charge in [-0.15, -0.1) is 0 Å². The van der Waals surface area contributed by atoms with Crippen molar-refractivity contribution in [2.45, 2.75) is 19.3 Å². The van der Waals surface area contributed by atoms with Crippen LogP contribution in [0.25, 0.3) is 11.1 Å². The first-order valence-corrected chi connectivity index (χ1v) is 8.82. The molecule has 1 amide bonds. The van der Waals surface area contributed by atoms with E-state index in [1.54, 1.807) is 0 Å². The highest BCUT2D eigenvalue weighted by atomic mass is 16.6. The number of rotatable bonds is 6. The number of fused-ring (bicyclic) bond motifs is 3. The smallest absolute Gasteiger partial charge is 0.409 e. The van der Waals surface area contributed by atoms with E-state index in [1.165, 1.54) is 34.3 Å². The van der Waals surface area contributed by atoms with Gasteiger partial charge in [-0.2, -0.15) is 0 Å². The van der Waals surface area contributed by atoms with Crippen LogP contribution in [0.5, 0.6) is 0 Å². The van der Waals surface area contributed by atoms with Crippen LogP contribution in [-0.4, -0.2) is 43.8 Å². The molecule has 2 aromatic carbocycles. The maximum absolute atomic E-state index is 12.4. The van der Waals surface area contributed by atoms with E-state index in [0.29, 0.717) is 13.1 Å². The van der Waals surface area contributed by atoms with E-state index < -0.39 is 6.09 Å². The van der Waals surface area contributed by atoms with Gasteiger partial charge in [0.05, 0.1) is 13.5 Å². The zero-order valence-corrected chi connectivity index (χ0v) is 15.1. The summed E-state index contributed by atoms with van der Waals surface area (Å²) in [7, 11) is 1.34. The number of amides is 1. The number of carbonyl (C=O) groups is 2. The van der Waals surface area contributed by atoms with Crippen molar-refractivity contribution in [1.82, 2.24) is 4.90 Å². The first-order chi connectivity index (χ1) is 12.7. The molecule has 0 atom stereocenters. The van der Waals surface area contributed by atoms with Crippen LogP contribution < -0.4 is 0 Å². The fraction of sp³-hybridized carbons (Fsp3) is 0.333. The molecule has 1 aliphatic carbocycles. The molecular weight excluding hydrogens is 330 g/mol. The van der Waals surface area contributed by atoms with Crippen molar-refractivity contribution < 1.29 is 19.1 Å². The molecule has 26 heavy (non-hydrogen) atoms. The standard InChI is InChI=1S/C21H23NO4/c1-3-22(13-12-20(23)25-2)21(24)26-14-19-17-10-6-4-8-15(17)16-9-5-7-11-18(16)19/h4-11,19H,3,12-14H2,1-2H3. The summed E-state index contributed by atoms with van der Waals surface area (Å²) < 4.78 is 10.2. The topological polar surface area (TPSA) is 55.8 Å². The van der Waals surface area contributed by atoms with E-state index in [9.17, 15) is 9.59 Å². The van der Waals surface area contributed by atoms with Crippen LogP contribution in [0.1, 0.15) is 30.4 Å². The molecule has 0 bridgehead atoms. The van der Waals surface area contributed by atoms with Crippen molar-refractivity contribution >= 4 is 12.1 Å². The quantitative estimate of drug-likeness (QED) is 0.741. The number of esters is 1. The minimum Gasteiger partial charge on any atom is -0.469 e. The lowest BCUT2D eigenvalue weighted by atomic mass is 9.98. The molecule has 0 fully saturated rings. The second-order valence-electron chi connectivity index (χ2n) is 6.21. The molecule has 0 N–H and O–H groups in total. The zero-order valence-electron chi connectivity index (χ0n) is 15.1. The lowest BCUT2D eigenvalue weighted by Gasteiger charge is -2.21. The van der Waals surface area contributed by atoms with Gasteiger partial charge in [-0.05, 0) is 29.2 Å². The van der Waals surface area contributed by atoms with E-state index in [0.717, 1.165) is 0 Å². The summed E-state index contributed by atoms with van der Waals surface area (Å²) in [6.07, 6.45) is -0.243. The number of nitrogens with zero attached hydrogens (tertiary/aromatic N) is 1. The lowest BCUT2D eigenvalue weighted by Crippen LogP contribution is -2.34. The Hall–Kier alpha value is -2.82. The molecule has 5 heteroatoms. The number of hydrogen-bond donors (Lipinski definition) is 0. The predicted molar refractivity (Wildman–Crippen MR) is 98.9 cm³/mol. The Bertz CT molecular complexity index is 757. The molecule has 0 unspecified atom stereocenters. The van der Waals surface area contributed by atoms with Crippen LogP contribution in [0, 0.1) is 0 Å². The summed E-state index contributed by atoms with van der Waals surface area (Å²) in [4.78, 5) is 25.2. The Labute approximate surface area is 153 Å². The highest BCUT2D eigenvalue weighted by Gasteiger charge is 2.29. The van der Waals surface area contributed by atoms with E-state index in [4.69, 9.17) is 4.74 Å². The molecule has 0 aromatic heterocycles. The molecule has 2 aromatic rings. The van der Waals surface area contributed by atoms with Crippen molar-refractivity contribution in [2.75, 3.05) is 26.8 Å². The van der Waals surface area contributed by atoms with Gasteiger partial charge in [0.1, 0.15) is 6.61 Å². The van der Waals surface area contributed by atoms with E-state index in [1.807, 2.05) is 31.2 Å². The van der Waals surface area contributed by atoms with Gasteiger partial charge in [0.15, 0.2) is 0 Å². The summed E-state index contributed by atoms with van der Waals surface area (Å²) in [5.74, 6) is -0.305. The summed E-state index contributed by atoms with van der Waals surface area (Å²) in [6, 6.07) is 16.4. The molecule has 5 nitrogen and oxygen atoms in total. The highest BCUT2D eigenvalue weighted by Crippen LogP contribution is 2.44. The summed E-state index contributed by atoms with van der Waals surface area (Å²) in [5, 5.41) is 0. The molecule has 0 heterocycles. The first kappa shape index (κ1) is 18.0. The average molecular weight is 353 g/mol. The van der Waals surface area contributed by atoms with Crippen LogP contribution in [0.2, 0.25) is 0 Å². The third-order valence-electron chi connectivity index (χ3n) is 4.79. The summed E-state index contributed by atoms with van der Waals surface area (Å²) in [6.45, 7) is 2.91. The Morgan fingerprint density at radius 1 is 1.00 bits per heavy atom. The molecule has 1 aliphatic rings. The van der Waals surface area contributed by atoms with Crippen molar-refractivity contribution in [3.8, 4) is 11.1 Å². The normalized spacial score (nSPS) is 12.2. The van der Waals surface area contributed by atoms with Gasteiger partial charge in [0, 0.05) is 19.0 Å². The number of hydrogen-bond acceptors (Lipinski definition) is 4. The minimum absolute atomic E-state index is 0.0330.